The first kappa shape index (κ1) is 22.6. The second kappa shape index (κ2) is 12.0. The highest BCUT2D eigenvalue weighted by Gasteiger charge is 2.41. The molecule has 28 heavy (non-hydrogen) atoms. The van der Waals surface area contributed by atoms with E-state index < -0.39 is 5.66 Å². The molecule has 1 fully saturated rings. The van der Waals surface area contributed by atoms with E-state index >= 15 is 0 Å². The molecular weight excluding hydrogens is 352 g/mol. The molecule has 1 unspecified atom stereocenters. The molecule has 0 spiro atoms. The monoisotopic (exact) mass is 388 g/mol. The summed E-state index contributed by atoms with van der Waals surface area (Å²) in [6, 6.07) is 9.22. The molecule has 1 heterocycles. The van der Waals surface area contributed by atoms with E-state index in [1.807, 2.05) is 42.2 Å². The predicted molar refractivity (Wildman–Crippen MR) is 112 cm³/mol. The maximum Gasteiger partial charge on any atom is 0.221 e. The molecule has 156 valence electrons. The zero-order valence-electron chi connectivity index (χ0n) is 17.5. The lowest BCUT2D eigenvalue weighted by atomic mass is 9.96. The molecule has 1 aliphatic heterocycles. The number of carbonyl (C=O) groups is 2. The number of rotatable bonds is 12. The fourth-order valence-electron chi connectivity index (χ4n) is 3.74. The topological polar surface area (TPSA) is 58.6 Å². The van der Waals surface area contributed by atoms with Crippen LogP contribution in [0.2, 0.25) is 0 Å². The van der Waals surface area contributed by atoms with Gasteiger partial charge >= 0.3 is 0 Å². The molecule has 0 bridgehead atoms. The van der Waals surface area contributed by atoms with Crippen molar-refractivity contribution in [2.75, 3.05) is 26.3 Å². The van der Waals surface area contributed by atoms with E-state index in [-0.39, 0.29) is 11.7 Å². The summed E-state index contributed by atoms with van der Waals surface area (Å²) in [6.45, 7) is 6.46. The summed E-state index contributed by atoms with van der Waals surface area (Å²) in [7, 11) is 0. The van der Waals surface area contributed by atoms with Crippen molar-refractivity contribution in [2.45, 2.75) is 70.9 Å². The number of benzene rings is 1. The third kappa shape index (κ3) is 6.71. The van der Waals surface area contributed by atoms with Crippen LogP contribution in [0.25, 0.3) is 0 Å². The molecule has 1 aliphatic rings. The molecule has 5 heteroatoms. The molecule has 1 N–H and O–H groups in total. The quantitative estimate of drug-likeness (QED) is 0.431. The number of hydrogen-bond donors (Lipinski definition) is 1. The van der Waals surface area contributed by atoms with E-state index in [4.69, 9.17) is 4.74 Å². The number of nitrogens with one attached hydrogen (secondary N) is 1. The summed E-state index contributed by atoms with van der Waals surface area (Å²) in [6.07, 6.45) is 8.65. The van der Waals surface area contributed by atoms with Crippen LogP contribution in [0.3, 0.4) is 0 Å². The molecular formula is C23H36N2O3. The zero-order chi connectivity index (χ0) is 20.2. The summed E-state index contributed by atoms with van der Waals surface area (Å²) < 4.78 is 5.44. The average molecular weight is 389 g/mol. The smallest absolute Gasteiger partial charge is 0.221 e. The van der Waals surface area contributed by atoms with Gasteiger partial charge in [0.05, 0.1) is 13.2 Å². The minimum absolute atomic E-state index is 0.0492. The minimum atomic E-state index is -1.04. The molecule has 0 aromatic heterocycles. The highest BCUT2D eigenvalue weighted by atomic mass is 16.5. The molecule has 0 radical (unpaired) electrons. The first-order valence-electron chi connectivity index (χ1n) is 10.8. The van der Waals surface area contributed by atoms with Gasteiger partial charge in [0.25, 0.3) is 0 Å². The SMILES string of the molecule is CCCCCCCCCC(=O)NC(C)(C(=O)c1ccccc1)N1CCOCC1. The Morgan fingerprint density at radius 1 is 1.00 bits per heavy atom. The number of carbonyl (C=O) groups excluding carboxylic acids is 2. The van der Waals surface area contributed by atoms with Gasteiger partial charge in [-0.15, -0.1) is 0 Å². The van der Waals surface area contributed by atoms with Gasteiger partial charge in [-0.25, -0.2) is 0 Å². The van der Waals surface area contributed by atoms with Crippen molar-refractivity contribution in [3.8, 4) is 0 Å². The lowest BCUT2D eigenvalue weighted by molar-refractivity contribution is -0.125. The Bertz CT molecular complexity index is 599. The molecule has 1 atom stereocenters. The number of nitrogens with zero attached hydrogens (tertiary/aromatic N) is 1. The first-order chi connectivity index (χ1) is 13.6. The van der Waals surface area contributed by atoms with Crippen LogP contribution in [-0.4, -0.2) is 48.6 Å². The van der Waals surface area contributed by atoms with E-state index in [0.717, 1.165) is 12.8 Å². The largest absolute Gasteiger partial charge is 0.379 e. The van der Waals surface area contributed by atoms with Gasteiger partial charge in [-0.3, -0.25) is 14.5 Å². The Morgan fingerprint density at radius 3 is 2.25 bits per heavy atom. The average Bonchev–Trinajstić information content (AvgIpc) is 2.73. The number of hydrogen-bond acceptors (Lipinski definition) is 4. The molecule has 1 aromatic rings. The third-order valence-electron chi connectivity index (χ3n) is 5.51. The number of morpholine rings is 1. The van der Waals surface area contributed by atoms with Gasteiger partial charge < -0.3 is 10.1 Å². The third-order valence-corrected chi connectivity index (χ3v) is 5.51. The number of amides is 1. The van der Waals surface area contributed by atoms with Crippen LogP contribution in [0.4, 0.5) is 0 Å². The van der Waals surface area contributed by atoms with Crippen molar-refractivity contribution in [3.05, 3.63) is 35.9 Å². The Balaban J connectivity index is 1.94. The lowest BCUT2D eigenvalue weighted by Gasteiger charge is -2.42. The van der Waals surface area contributed by atoms with E-state index in [2.05, 4.69) is 12.2 Å². The van der Waals surface area contributed by atoms with Gasteiger partial charge in [0.2, 0.25) is 11.7 Å². The number of ether oxygens (including phenoxy) is 1. The van der Waals surface area contributed by atoms with Crippen molar-refractivity contribution < 1.29 is 14.3 Å². The normalized spacial score (nSPS) is 17.1. The Labute approximate surface area is 169 Å². The summed E-state index contributed by atoms with van der Waals surface area (Å²) in [5.74, 6) is -0.116. The van der Waals surface area contributed by atoms with Gasteiger partial charge in [0.1, 0.15) is 0 Å². The number of unbranched alkanes of at least 4 members (excludes halogenated alkanes) is 6. The van der Waals surface area contributed by atoms with Crippen molar-refractivity contribution >= 4 is 11.7 Å². The van der Waals surface area contributed by atoms with Gasteiger partial charge in [0, 0.05) is 25.1 Å². The Hall–Kier alpha value is -1.72. The number of Topliss-reactive ketones (excluding diaryl/α,β-unsaturated/α-hetero) is 1. The van der Waals surface area contributed by atoms with Gasteiger partial charge in [-0.1, -0.05) is 75.8 Å². The van der Waals surface area contributed by atoms with Crippen LogP contribution in [-0.2, 0) is 9.53 Å². The molecule has 1 amide bonds. The molecule has 5 nitrogen and oxygen atoms in total. The van der Waals surface area contributed by atoms with Crippen LogP contribution in [0.1, 0.15) is 75.6 Å². The molecule has 0 aliphatic carbocycles. The summed E-state index contributed by atoms with van der Waals surface area (Å²) >= 11 is 0. The van der Waals surface area contributed by atoms with E-state index in [1.165, 1.54) is 32.1 Å². The molecule has 2 rings (SSSR count). The standard InChI is InChI=1S/C23H36N2O3/c1-3-4-5-6-7-8-12-15-21(26)24-23(2,25-16-18-28-19-17-25)22(27)20-13-10-9-11-14-20/h9-11,13-14H,3-8,12,15-19H2,1-2H3,(H,24,26). The van der Waals surface area contributed by atoms with Crippen molar-refractivity contribution in [1.82, 2.24) is 10.2 Å². The number of ketones is 1. The highest BCUT2D eigenvalue weighted by molar-refractivity contribution is 6.04. The van der Waals surface area contributed by atoms with Crippen LogP contribution < -0.4 is 5.32 Å². The van der Waals surface area contributed by atoms with Gasteiger partial charge in [-0.2, -0.15) is 0 Å². The molecule has 1 saturated heterocycles. The fourth-order valence-corrected chi connectivity index (χ4v) is 3.74. The van der Waals surface area contributed by atoms with E-state index in [1.54, 1.807) is 0 Å². The van der Waals surface area contributed by atoms with Crippen LogP contribution in [0, 0.1) is 0 Å². The lowest BCUT2D eigenvalue weighted by Crippen LogP contribution is -2.65. The molecule has 1 aromatic carbocycles. The van der Waals surface area contributed by atoms with Crippen LogP contribution in [0.5, 0.6) is 0 Å². The van der Waals surface area contributed by atoms with Crippen molar-refractivity contribution in [2.24, 2.45) is 0 Å². The fraction of sp³-hybridized carbons (Fsp3) is 0.652. The maximum atomic E-state index is 13.3. The second-order valence-electron chi connectivity index (χ2n) is 7.79. The van der Waals surface area contributed by atoms with Gasteiger partial charge in [-0.05, 0) is 13.3 Å². The van der Waals surface area contributed by atoms with Crippen LogP contribution in [0.15, 0.2) is 30.3 Å². The zero-order valence-corrected chi connectivity index (χ0v) is 17.5. The summed E-state index contributed by atoms with van der Waals surface area (Å²) in [5.41, 5.74) is -0.420. The Kier molecular flexibility index (Phi) is 9.65. The van der Waals surface area contributed by atoms with Crippen molar-refractivity contribution in [3.63, 3.8) is 0 Å². The highest BCUT2D eigenvalue weighted by Crippen LogP contribution is 2.21. The van der Waals surface area contributed by atoms with Gasteiger partial charge in [0.15, 0.2) is 5.66 Å². The van der Waals surface area contributed by atoms with E-state index in [9.17, 15) is 9.59 Å². The summed E-state index contributed by atoms with van der Waals surface area (Å²) in [4.78, 5) is 28.0. The predicted octanol–water partition coefficient (Wildman–Crippen LogP) is 4.17. The first-order valence-corrected chi connectivity index (χ1v) is 10.8. The van der Waals surface area contributed by atoms with E-state index in [0.29, 0.717) is 38.3 Å². The minimum Gasteiger partial charge on any atom is -0.379 e. The van der Waals surface area contributed by atoms with Crippen LogP contribution >= 0.6 is 0 Å². The second-order valence-corrected chi connectivity index (χ2v) is 7.79. The molecule has 0 saturated carbocycles. The summed E-state index contributed by atoms with van der Waals surface area (Å²) in [5, 5.41) is 3.05. The Morgan fingerprint density at radius 2 is 1.61 bits per heavy atom. The van der Waals surface area contributed by atoms with Crippen molar-refractivity contribution in [1.29, 1.82) is 0 Å². The maximum absolute atomic E-state index is 13.3.